The van der Waals surface area contributed by atoms with Crippen LogP contribution < -0.4 is 9.47 Å². The standard InChI is InChI=1S/C16H11NO3.C7H6O/c18-13-6-2-1-5-11(13)16-19-14-8-10-4-3-7-17-12(10)9-15(14)20-16;8-7-2-1-5-3-6(7)4-5/h1-9,16,18H;1-3,8H,4H2. The molecule has 0 radical (unpaired) electrons. The zero-order valence-electron chi connectivity index (χ0n) is 14.9. The Hall–Kier alpha value is -3.73. The molecular weight excluding hydrogens is 354 g/mol. The van der Waals surface area contributed by atoms with Crippen molar-refractivity contribution in [2.75, 3.05) is 0 Å². The Morgan fingerprint density at radius 2 is 1.61 bits per heavy atom. The molecule has 4 aromatic rings. The van der Waals surface area contributed by atoms with Crippen molar-refractivity contribution in [2.45, 2.75) is 12.7 Å². The van der Waals surface area contributed by atoms with Gasteiger partial charge in [-0.15, -0.1) is 0 Å². The van der Waals surface area contributed by atoms with Crippen LogP contribution in [0.4, 0.5) is 0 Å². The molecule has 5 nitrogen and oxygen atoms in total. The van der Waals surface area contributed by atoms with Gasteiger partial charge < -0.3 is 19.7 Å². The molecule has 0 saturated heterocycles. The highest BCUT2D eigenvalue weighted by molar-refractivity contribution is 5.82. The maximum Gasteiger partial charge on any atom is 0.271 e. The molecule has 1 unspecified atom stereocenters. The molecule has 0 fully saturated rings. The van der Waals surface area contributed by atoms with Crippen LogP contribution in [-0.4, -0.2) is 15.2 Å². The Balaban J connectivity index is 0.000000177. The molecule has 3 aromatic carbocycles. The van der Waals surface area contributed by atoms with E-state index < -0.39 is 6.29 Å². The number of phenols is 2. The van der Waals surface area contributed by atoms with Crippen molar-refractivity contribution in [3.8, 4) is 23.0 Å². The second kappa shape index (κ2) is 6.46. The van der Waals surface area contributed by atoms with Gasteiger partial charge in [0.15, 0.2) is 11.5 Å². The average Bonchev–Trinajstić information content (AvgIpc) is 3.09. The van der Waals surface area contributed by atoms with Crippen LogP contribution in [0.3, 0.4) is 0 Å². The van der Waals surface area contributed by atoms with Crippen LogP contribution in [0.1, 0.15) is 23.0 Å². The normalized spacial score (nSPS) is 15.5. The fourth-order valence-corrected chi connectivity index (χ4v) is 3.31. The molecule has 2 aliphatic carbocycles. The molecule has 2 bridgehead atoms. The number of aromatic nitrogens is 1. The zero-order valence-corrected chi connectivity index (χ0v) is 14.9. The summed E-state index contributed by atoms with van der Waals surface area (Å²) < 4.78 is 11.5. The third-order valence-corrected chi connectivity index (χ3v) is 4.87. The van der Waals surface area contributed by atoms with E-state index in [4.69, 9.17) is 14.6 Å². The molecule has 5 heteroatoms. The van der Waals surface area contributed by atoms with Crippen LogP contribution in [0.25, 0.3) is 10.9 Å². The average molecular weight is 371 g/mol. The number of para-hydroxylation sites is 1. The van der Waals surface area contributed by atoms with Crippen molar-refractivity contribution < 1.29 is 19.7 Å². The number of fused-ring (bicyclic) bond motifs is 4. The summed E-state index contributed by atoms with van der Waals surface area (Å²) in [5.74, 6) is 1.91. The highest BCUT2D eigenvalue weighted by Crippen LogP contribution is 2.43. The van der Waals surface area contributed by atoms with Gasteiger partial charge in [-0.2, -0.15) is 0 Å². The summed E-state index contributed by atoms with van der Waals surface area (Å²) in [7, 11) is 0. The maximum atomic E-state index is 9.87. The van der Waals surface area contributed by atoms with Crippen LogP contribution in [0.5, 0.6) is 23.0 Å². The summed E-state index contributed by atoms with van der Waals surface area (Å²) in [5.41, 5.74) is 3.88. The Kier molecular flexibility index (Phi) is 3.79. The van der Waals surface area contributed by atoms with Gasteiger partial charge in [0.1, 0.15) is 11.5 Å². The van der Waals surface area contributed by atoms with Crippen molar-refractivity contribution >= 4 is 10.9 Å². The zero-order chi connectivity index (χ0) is 19.1. The third-order valence-electron chi connectivity index (χ3n) is 4.87. The van der Waals surface area contributed by atoms with E-state index >= 15 is 0 Å². The molecule has 0 amide bonds. The molecule has 7 rings (SSSR count). The molecule has 0 saturated carbocycles. The predicted molar refractivity (Wildman–Crippen MR) is 105 cm³/mol. The fourth-order valence-electron chi connectivity index (χ4n) is 3.31. The summed E-state index contributed by atoms with van der Waals surface area (Å²) in [6.45, 7) is 0. The number of ether oxygens (including phenoxy) is 2. The first-order valence-electron chi connectivity index (χ1n) is 8.98. The first kappa shape index (κ1) is 16.4. The summed E-state index contributed by atoms with van der Waals surface area (Å²) in [5, 5.41) is 19.8. The van der Waals surface area contributed by atoms with Gasteiger partial charge >= 0.3 is 0 Å². The molecule has 0 spiro atoms. The van der Waals surface area contributed by atoms with Gasteiger partial charge in [-0.1, -0.05) is 30.3 Å². The lowest BCUT2D eigenvalue weighted by molar-refractivity contribution is 0.0466. The van der Waals surface area contributed by atoms with Crippen molar-refractivity contribution in [3.05, 3.63) is 89.6 Å². The number of phenolic OH excluding ortho intramolecular Hbond substituents is 2. The number of nitrogens with zero attached hydrogens (tertiary/aromatic N) is 1. The van der Waals surface area contributed by atoms with Gasteiger partial charge in [-0.25, -0.2) is 0 Å². The van der Waals surface area contributed by atoms with E-state index in [0.717, 1.165) is 22.9 Å². The van der Waals surface area contributed by atoms with Gasteiger partial charge in [0.05, 0.1) is 11.1 Å². The van der Waals surface area contributed by atoms with E-state index in [9.17, 15) is 5.11 Å². The number of aromatic hydroxyl groups is 2. The highest BCUT2D eigenvalue weighted by atomic mass is 16.7. The lowest BCUT2D eigenvalue weighted by Crippen LogP contribution is -2.07. The van der Waals surface area contributed by atoms with E-state index in [0.29, 0.717) is 22.8 Å². The van der Waals surface area contributed by atoms with Crippen molar-refractivity contribution in [1.82, 2.24) is 4.98 Å². The number of rotatable bonds is 1. The van der Waals surface area contributed by atoms with E-state index in [1.54, 1.807) is 30.5 Å². The fraction of sp³-hybridized carbons (Fsp3) is 0.0870. The Bertz CT molecular complexity index is 1130. The van der Waals surface area contributed by atoms with Crippen LogP contribution in [0.2, 0.25) is 0 Å². The largest absolute Gasteiger partial charge is 0.508 e. The minimum atomic E-state index is -0.622. The summed E-state index contributed by atoms with van der Waals surface area (Å²) in [6.07, 6.45) is 2.09. The molecule has 28 heavy (non-hydrogen) atoms. The maximum absolute atomic E-state index is 9.87. The third kappa shape index (κ3) is 2.87. The number of hydrogen-bond acceptors (Lipinski definition) is 5. The Morgan fingerprint density at radius 1 is 0.821 bits per heavy atom. The molecule has 3 aliphatic rings. The monoisotopic (exact) mass is 371 g/mol. The van der Waals surface area contributed by atoms with Gasteiger partial charge in [0.2, 0.25) is 0 Å². The van der Waals surface area contributed by atoms with Crippen LogP contribution >= 0.6 is 0 Å². The smallest absolute Gasteiger partial charge is 0.271 e. The second-order valence-electron chi connectivity index (χ2n) is 6.76. The van der Waals surface area contributed by atoms with Crippen molar-refractivity contribution in [2.24, 2.45) is 0 Å². The first-order valence-corrected chi connectivity index (χ1v) is 8.98. The van der Waals surface area contributed by atoms with Crippen LogP contribution in [-0.2, 0) is 6.42 Å². The van der Waals surface area contributed by atoms with Crippen LogP contribution in [0, 0.1) is 0 Å². The Morgan fingerprint density at radius 3 is 2.29 bits per heavy atom. The SMILES string of the molecule is Oc1ccc2cc1C2.Oc1ccccc1C1Oc2cc3cccnc3cc2O1. The van der Waals surface area contributed by atoms with E-state index in [2.05, 4.69) is 4.98 Å². The minimum Gasteiger partial charge on any atom is -0.508 e. The van der Waals surface area contributed by atoms with Gasteiger partial charge in [0.25, 0.3) is 6.29 Å². The molecular formula is C23H17NO4. The summed E-state index contributed by atoms with van der Waals surface area (Å²) in [4.78, 5) is 4.29. The Labute approximate surface area is 161 Å². The van der Waals surface area contributed by atoms with Gasteiger partial charge in [-0.3, -0.25) is 4.98 Å². The predicted octanol–water partition coefficient (Wildman–Crippen LogP) is 4.71. The number of benzene rings is 3. The molecule has 2 N–H and O–H groups in total. The molecule has 1 aliphatic heterocycles. The van der Waals surface area contributed by atoms with Crippen molar-refractivity contribution in [3.63, 3.8) is 0 Å². The minimum absolute atomic E-state index is 0.160. The molecule has 2 heterocycles. The molecule has 138 valence electrons. The lowest BCUT2D eigenvalue weighted by Gasteiger charge is -2.14. The van der Waals surface area contributed by atoms with E-state index in [1.807, 2.05) is 42.5 Å². The van der Waals surface area contributed by atoms with E-state index in [1.165, 1.54) is 5.56 Å². The number of pyridine rings is 1. The topological polar surface area (TPSA) is 71.8 Å². The van der Waals surface area contributed by atoms with Gasteiger partial charge in [0, 0.05) is 24.1 Å². The summed E-state index contributed by atoms with van der Waals surface area (Å²) >= 11 is 0. The first-order chi connectivity index (χ1) is 13.7. The highest BCUT2D eigenvalue weighted by Gasteiger charge is 2.28. The molecule has 1 aromatic heterocycles. The van der Waals surface area contributed by atoms with E-state index in [-0.39, 0.29) is 5.75 Å². The van der Waals surface area contributed by atoms with Crippen LogP contribution in [0.15, 0.2) is 72.9 Å². The molecule has 1 atom stereocenters. The number of hydrogen-bond donors (Lipinski definition) is 2. The lowest BCUT2D eigenvalue weighted by atomic mass is 9.93. The quantitative estimate of drug-likeness (QED) is 0.447. The summed E-state index contributed by atoms with van der Waals surface area (Å²) in [6, 6.07) is 20.3. The van der Waals surface area contributed by atoms with Gasteiger partial charge in [-0.05, 0) is 41.5 Å². The second-order valence-corrected chi connectivity index (χ2v) is 6.76. The van der Waals surface area contributed by atoms with Crippen molar-refractivity contribution in [1.29, 1.82) is 0 Å².